The summed E-state index contributed by atoms with van der Waals surface area (Å²) >= 11 is 0. The van der Waals surface area contributed by atoms with Gasteiger partial charge in [0.15, 0.2) is 0 Å². The average Bonchev–Trinajstić information content (AvgIpc) is 2.76. The van der Waals surface area contributed by atoms with E-state index in [1.165, 1.54) is 52.0 Å². The van der Waals surface area contributed by atoms with Crippen molar-refractivity contribution in [2.24, 2.45) is 11.3 Å². The molecule has 0 bridgehead atoms. The third-order valence-corrected chi connectivity index (χ3v) is 4.68. The summed E-state index contributed by atoms with van der Waals surface area (Å²) in [5, 5.41) is 7.22. The van der Waals surface area contributed by atoms with Gasteiger partial charge >= 0.3 is 0 Å². The Morgan fingerprint density at radius 2 is 1.94 bits per heavy atom. The molecular formula is C14H29N3. The minimum Gasteiger partial charge on any atom is -0.317 e. The van der Waals surface area contributed by atoms with E-state index >= 15 is 0 Å². The molecule has 0 amide bonds. The predicted molar refractivity (Wildman–Crippen MR) is 73.3 cm³/mol. The van der Waals surface area contributed by atoms with Crippen LogP contribution in [0.15, 0.2) is 0 Å². The third-order valence-electron chi connectivity index (χ3n) is 4.68. The molecule has 2 saturated heterocycles. The van der Waals surface area contributed by atoms with Crippen LogP contribution in [-0.2, 0) is 0 Å². The zero-order valence-corrected chi connectivity index (χ0v) is 11.8. The van der Waals surface area contributed by atoms with E-state index in [4.69, 9.17) is 0 Å². The number of hydrogen-bond donors (Lipinski definition) is 2. The van der Waals surface area contributed by atoms with E-state index in [9.17, 15) is 0 Å². The number of rotatable bonds is 4. The first-order valence-corrected chi connectivity index (χ1v) is 7.20. The largest absolute Gasteiger partial charge is 0.317 e. The van der Waals surface area contributed by atoms with E-state index in [0.717, 1.165) is 12.0 Å². The summed E-state index contributed by atoms with van der Waals surface area (Å²) in [5.74, 6) is 0.863. The topological polar surface area (TPSA) is 27.3 Å². The molecule has 0 spiro atoms. The van der Waals surface area contributed by atoms with Gasteiger partial charge < -0.3 is 15.5 Å². The molecule has 0 aromatic carbocycles. The number of likely N-dealkylation sites (tertiary alicyclic amines) is 1. The van der Waals surface area contributed by atoms with Crippen LogP contribution >= 0.6 is 0 Å². The van der Waals surface area contributed by atoms with Crippen LogP contribution < -0.4 is 10.6 Å². The highest BCUT2D eigenvalue weighted by atomic mass is 15.1. The first-order chi connectivity index (χ1) is 8.08. The Hall–Kier alpha value is -0.120. The number of piperidine rings is 1. The van der Waals surface area contributed by atoms with Gasteiger partial charge in [-0.25, -0.2) is 0 Å². The van der Waals surface area contributed by atoms with Crippen molar-refractivity contribution in [3.8, 4) is 0 Å². The second kappa shape index (κ2) is 5.68. The summed E-state index contributed by atoms with van der Waals surface area (Å²) in [4.78, 5) is 2.47. The Morgan fingerprint density at radius 1 is 1.24 bits per heavy atom. The summed E-state index contributed by atoms with van der Waals surface area (Å²) < 4.78 is 0. The number of nitrogens with zero attached hydrogens (tertiary/aromatic N) is 1. The van der Waals surface area contributed by atoms with Crippen LogP contribution in [0.5, 0.6) is 0 Å². The highest BCUT2D eigenvalue weighted by Gasteiger charge is 2.34. The zero-order chi connectivity index (χ0) is 12.3. The van der Waals surface area contributed by atoms with E-state index in [2.05, 4.69) is 36.4 Å². The molecule has 0 saturated carbocycles. The molecule has 2 rings (SSSR count). The van der Waals surface area contributed by atoms with E-state index in [0.29, 0.717) is 5.41 Å². The highest BCUT2D eigenvalue weighted by Crippen LogP contribution is 2.33. The normalized spacial score (nSPS) is 28.8. The molecule has 0 aliphatic carbocycles. The van der Waals surface area contributed by atoms with E-state index < -0.39 is 0 Å². The fraction of sp³-hybridized carbons (Fsp3) is 1.00. The first-order valence-electron chi connectivity index (χ1n) is 7.20. The molecule has 2 aliphatic rings. The summed E-state index contributed by atoms with van der Waals surface area (Å²) in [6.07, 6.45) is 3.96. The number of nitrogens with one attached hydrogen (secondary N) is 2. The van der Waals surface area contributed by atoms with Crippen molar-refractivity contribution in [1.82, 2.24) is 15.5 Å². The second-order valence-electron chi connectivity index (χ2n) is 6.64. The molecule has 3 heteroatoms. The van der Waals surface area contributed by atoms with Gasteiger partial charge in [0.05, 0.1) is 0 Å². The van der Waals surface area contributed by atoms with E-state index in [1.54, 1.807) is 0 Å². The Bertz CT molecular complexity index is 234. The fourth-order valence-corrected chi connectivity index (χ4v) is 3.15. The van der Waals surface area contributed by atoms with Crippen LogP contribution in [-0.4, -0.2) is 50.7 Å². The maximum absolute atomic E-state index is 3.80. The lowest BCUT2D eigenvalue weighted by Gasteiger charge is -2.34. The monoisotopic (exact) mass is 239 g/mol. The summed E-state index contributed by atoms with van der Waals surface area (Å²) in [7, 11) is 2.25. The van der Waals surface area contributed by atoms with Crippen molar-refractivity contribution in [2.45, 2.75) is 39.2 Å². The molecule has 1 atom stereocenters. The lowest BCUT2D eigenvalue weighted by molar-refractivity contribution is 0.193. The molecule has 2 heterocycles. The first kappa shape index (κ1) is 13.3. The summed E-state index contributed by atoms with van der Waals surface area (Å²) in [6.45, 7) is 11.0. The van der Waals surface area contributed by atoms with Crippen LogP contribution in [0.2, 0.25) is 0 Å². The van der Waals surface area contributed by atoms with Crippen molar-refractivity contribution >= 4 is 0 Å². The van der Waals surface area contributed by atoms with Gasteiger partial charge in [-0.15, -0.1) is 0 Å². The van der Waals surface area contributed by atoms with Gasteiger partial charge in [0.2, 0.25) is 0 Å². The van der Waals surface area contributed by atoms with Gasteiger partial charge in [0, 0.05) is 19.1 Å². The Labute approximate surface area is 106 Å². The van der Waals surface area contributed by atoms with Crippen molar-refractivity contribution in [2.75, 3.05) is 39.8 Å². The Kier molecular flexibility index (Phi) is 4.45. The summed E-state index contributed by atoms with van der Waals surface area (Å²) in [5.41, 5.74) is 0.440. The van der Waals surface area contributed by atoms with Crippen LogP contribution in [0.3, 0.4) is 0 Å². The van der Waals surface area contributed by atoms with E-state index in [1.807, 2.05) is 0 Å². The van der Waals surface area contributed by atoms with Crippen LogP contribution in [0, 0.1) is 11.3 Å². The molecule has 1 unspecified atom stereocenters. The smallest absolute Gasteiger partial charge is 0.00914 e. The number of hydrogen-bond acceptors (Lipinski definition) is 3. The third kappa shape index (κ3) is 3.67. The maximum Gasteiger partial charge on any atom is 0.00914 e. The van der Waals surface area contributed by atoms with Crippen LogP contribution in [0.1, 0.15) is 33.1 Å². The quantitative estimate of drug-likeness (QED) is 0.774. The molecule has 100 valence electrons. The van der Waals surface area contributed by atoms with Crippen molar-refractivity contribution in [3.63, 3.8) is 0 Å². The molecule has 17 heavy (non-hydrogen) atoms. The molecule has 0 aromatic heterocycles. The van der Waals surface area contributed by atoms with Crippen molar-refractivity contribution < 1.29 is 0 Å². The van der Waals surface area contributed by atoms with Gasteiger partial charge in [-0.1, -0.05) is 13.8 Å². The maximum atomic E-state index is 3.80. The van der Waals surface area contributed by atoms with Gasteiger partial charge in [-0.3, -0.25) is 0 Å². The standard InChI is InChI=1S/C14H29N3/c1-14(2,12-6-9-17(3)10-12)11-16-13-4-7-15-8-5-13/h12-13,15-16H,4-11H2,1-3H3. The molecule has 2 N–H and O–H groups in total. The van der Waals surface area contributed by atoms with Gasteiger partial charge in [-0.05, 0) is 57.3 Å². The zero-order valence-electron chi connectivity index (χ0n) is 11.8. The lowest BCUT2D eigenvalue weighted by atomic mass is 9.78. The highest BCUT2D eigenvalue weighted by molar-refractivity contribution is 4.88. The molecule has 2 fully saturated rings. The van der Waals surface area contributed by atoms with E-state index in [-0.39, 0.29) is 0 Å². The van der Waals surface area contributed by atoms with Gasteiger partial charge in [0.25, 0.3) is 0 Å². The van der Waals surface area contributed by atoms with Gasteiger partial charge in [-0.2, -0.15) is 0 Å². The predicted octanol–water partition coefficient (Wildman–Crippen LogP) is 1.31. The molecule has 0 radical (unpaired) electrons. The fourth-order valence-electron chi connectivity index (χ4n) is 3.15. The van der Waals surface area contributed by atoms with Crippen molar-refractivity contribution in [3.05, 3.63) is 0 Å². The molecule has 3 nitrogen and oxygen atoms in total. The minimum absolute atomic E-state index is 0.440. The van der Waals surface area contributed by atoms with Crippen LogP contribution in [0.25, 0.3) is 0 Å². The van der Waals surface area contributed by atoms with Crippen LogP contribution in [0.4, 0.5) is 0 Å². The van der Waals surface area contributed by atoms with Crippen molar-refractivity contribution in [1.29, 1.82) is 0 Å². The molecule has 0 aromatic rings. The summed E-state index contributed by atoms with van der Waals surface area (Å²) in [6, 6.07) is 0.745. The average molecular weight is 239 g/mol. The SMILES string of the molecule is CN1CCC(C(C)(C)CNC2CCNCC2)C1. The Morgan fingerprint density at radius 3 is 2.53 bits per heavy atom. The molecule has 2 aliphatic heterocycles. The second-order valence-corrected chi connectivity index (χ2v) is 6.64. The minimum atomic E-state index is 0.440. The van der Waals surface area contributed by atoms with Gasteiger partial charge in [0.1, 0.15) is 0 Å². The molecular weight excluding hydrogens is 210 g/mol. The Balaban J connectivity index is 1.76. The lowest BCUT2D eigenvalue weighted by Crippen LogP contribution is -2.45.